The molecule has 9 nitrogen and oxygen atoms in total. The summed E-state index contributed by atoms with van der Waals surface area (Å²) in [5, 5.41) is 54.8. The number of rotatable bonds is 63. The van der Waals surface area contributed by atoms with E-state index >= 15 is 0 Å². The van der Waals surface area contributed by atoms with Gasteiger partial charge in [0.05, 0.1) is 25.4 Å². The van der Waals surface area contributed by atoms with Crippen LogP contribution < -0.4 is 5.32 Å². The number of amides is 1. The number of aliphatic hydroxyl groups excluding tert-OH is 5. The first kappa shape index (κ1) is 77.4. The van der Waals surface area contributed by atoms with Gasteiger partial charge >= 0.3 is 0 Å². The van der Waals surface area contributed by atoms with Gasteiger partial charge in [-0.3, -0.25) is 4.79 Å². The summed E-state index contributed by atoms with van der Waals surface area (Å²) in [7, 11) is 0. The van der Waals surface area contributed by atoms with Gasteiger partial charge in [0, 0.05) is 6.42 Å². The number of nitrogens with one attached hydrogen (secondary N) is 1. The summed E-state index contributed by atoms with van der Waals surface area (Å²) in [4.78, 5) is 13.1. The molecule has 1 fully saturated rings. The quantitative estimate of drug-likeness (QED) is 0.0261. The molecule has 0 radical (unpaired) electrons. The van der Waals surface area contributed by atoms with Gasteiger partial charge in [0.1, 0.15) is 24.4 Å². The largest absolute Gasteiger partial charge is 0.394 e. The van der Waals surface area contributed by atoms with E-state index in [9.17, 15) is 30.3 Å². The first-order chi connectivity index (χ1) is 39.8. The first-order valence-electron chi connectivity index (χ1n) is 35.7. The maximum Gasteiger partial charge on any atom is 0.220 e. The average molecular weight is 1140 g/mol. The van der Waals surface area contributed by atoms with Crippen LogP contribution in [0.4, 0.5) is 0 Å². The Labute approximate surface area is 501 Å². The molecule has 9 heteroatoms. The van der Waals surface area contributed by atoms with E-state index in [0.29, 0.717) is 6.42 Å². The van der Waals surface area contributed by atoms with Gasteiger partial charge in [-0.05, 0) is 51.4 Å². The van der Waals surface area contributed by atoms with Crippen LogP contribution >= 0.6 is 0 Å². The van der Waals surface area contributed by atoms with Crippen molar-refractivity contribution in [2.45, 2.75) is 403 Å². The number of allylic oxidation sites excluding steroid dienone is 5. The van der Waals surface area contributed by atoms with Crippen molar-refractivity contribution in [1.82, 2.24) is 5.32 Å². The van der Waals surface area contributed by atoms with Crippen molar-refractivity contribution in [3.05, 3.63) is 36.5 Å². The van der Waals surface area contributed by atoms with E-state index in [1.54, 1.807) is 6.08 Å². The summed E-state index contributed by atoms with van der Waals surface area (Å²) in [5.41, 5.74) is 0. The van der Waals surface area contributed by atoms with E-state index in [1.165, 1.54) is 295 Å². The fourth-order valence-electron chi connectivity index (χ4n) is 11.6. The number of ether oxygens (including phenoxy) is 2. The molecule has 1 aliphatic heterocycles. The third-order valence-corrected chi connectivity index (χ3v) is 17.2. The van der Waals surface area contributed by atoms with E-state index in [0.717, 1.165) is 44.9 Å². The lowest BCUT2D eigenvalue weighted by Crippen LogP contribution is -2.60. The lowest BCUT2D eigenvalue weighted by atomic mass is 9.99. The van der Waals surface area contributed by atoms with Gasteiger partial charge in [-0.1, -0.05) is 339 Å². The molecule has 1 amide bonds. The number of hydrogen-bond donors (Lipinski definition) is 6. The van der Waals surface area contributed by atoms with E-state index in [2.05, 4.69) is 43.5 Å². The predicted octanol–water partition coefficient (Wildman–Crippen LogP) is 19.4. The molecule has 81 heavy (non-hydrogen) atoms. The number of hydrogen-bond acceptors (Lipinski definition) is 8. The number of aliphatic hydroxyl groups is 5. The molecular weight excluding hydrogens is 1010 g/mol. The number of carbonyl (C=O) groups is 1. The summed E-state index contributed by atoms with van der Waals surface area (Å²) in [6, 6.07) is -0.805. The summed E-state index contributed by atoms with van der Waals surface area (Å²) in [5.74, 6) is -0.170. The molecule has 1 rings (SSSR count). The second kappa shape index (κ2) is 61.5. The maximum absolute atomic E-state index is 13.1. The van der Waals surface area contributed by atoms with Crippen LogP contribution in [-0.2, 0) is 14.3 Å². The summed E-state index contributed by atoms with van der Waals surface area (Å²) < 4.78 is 11.3. The second-order valence-corrected chi connectivity index (χ2v) is 25.0. The monoisotopic (exact) mass is 1140 g/mol. The topological polar surface area (TPSA) is 149 Å². The van der Waals surface area contributed by atoms with Crippen molar-refractivity contribution in [3.63, 3.8) is 0 Å². The third kappa shape index (κ3) is 50.3. The van der Waals surface area contributed by atoms with E-state index in [1.807, 2.05) is 6.08 Å². The molecule has 1 aliphatic rings. The smallest absolute Gasteiger partial charge is 0.220 e. The zero-order chi connectivity index (χ0) is 58.6. The maximum atomic E-state index is 13.1. The SMILES string of the molecule is CCCCCCCCCCC/C=C\C/C=C\CCCCCCCCCCCCCCCCCCCC(=O)NC(COC1OC(CO)C(O)C(O)C1O)C(O)/C=C/CCCCCCCCCCCCCCCCCCCCCCCCC. The minimum absolute atomic E-state index is 0.170. The van der Waals surface area contributed by atoms with Gasteiger partial charge in [0.15, 0.2) is 6.29 Å². The van der Waals surface area contributed by atoms with Crippen LogP contribution in [-0.4, -0.2) is 87.5 Å². The van der Waals surface area contributed by atoms with Crippen LogP contribution in [0, 0.1) is 0 Å². The molecule has 0 aromatic rings. The average Bonchev–Trinajstić information content (AvgIpc) is 3.50. The van der Waals surface area contributed by atoms with Gasteiger partial charge in [0.2, 0.25) is 5.91 Å². The number of carbonyl (C=O) groups excluding carboxylic acids is 1. The van der Waals surface area contributed by atoms with Crippen molar-refractivity contribution < 1.29 is 39.8 Å². The van der Waals surface area contributed by atoms with Crippen LogP contribution in [0.5, 0.6) is 0 Å². The Morgan fingerprint density at radius 3 is 1.06 bits per heavy atom. The fourth-order valence-corrected chi connectivity index (χ4v) is 11.6. The zero-order valence-corrected chi connectivity index (χ0v) is 53.6. The molecule has 1 heterocycles. The molecule has 478 valence electrons. The highest BCUT2D eigenvalue weighted by Gasteiger charge is 2.44. The predicted molar refractivity (Wildman–Crippen MR) is 346 cm³/mol. The molecule has 7 unspecified atom stereocenters. The minimum Gasteiger partial charge on any atom is -0.394 e. The Balaban J connectivity index is 2.11. The second-order valence-electron chi connectivity index (χ2n) is 25.0. The highest BCUT2D eigenvalue weighted by Crippen LogP contribution is 2.23. The molecule has 7 atom stereocenters. The van der Waals surface area contributed by atoms with Crippen molar-refractivity contribution >= 4 is 5.91 Å². The third-order valence-electron chi connectivity index (χ3n) is 17.2. The molecule has 0 aromatic carbocycles. The molecular formula is C72H137NO8. The standard InChI is InChI=1S/C72H137NO8/c1-3-5-7-9-11-13-15-17-19-21-23-25-27-29-30-31-32-33-34-35-36-38-40-42-44-46-48-50-52-54-56-58-60-62-68(76)73-65(64-80-72-71(79)70(78)69(77)67(63-74)81-72)66(75)61-59-57-55-53-51-49-47-45-43-41-39-37-28-26-24-22-20-18-16-14-12-10-8-6-4-2/h23,25,29-30,59,61,65-67,69-72,74-75,77-79H,3-22,24,26-28,31-58,60,62-64H2,1-2H3,(H,73,76)/b25-23-,30-29-,61-59+. The zero-order valence-electron chi connectivity index (χ0n) is 53.6. The Kier molecular flexibility index (Phi) is 58.8. The van der Waals surface area contributed by atoms with Gasteiger partial charge in [0.25, 0.3) is 0 Å². The highest BCUT2D eigenvalue weighted by molar-refractivity contribution is 5.76. The van der Waals surface area contributed by atoms with Gasteiger partial charge in [-0.2, -0.15) is 0 Å². The fraction of sp³-hybridized carbons (Fsp3) is 0.903. The highest BCUT2D eigenvalue weighted by atomic mass is 16.7. The van der Waals surface area contributed by atoms with Crippen molar-refractivity contribution in [2.75, 3.05) is 13.2 Å². The van der Waals surface area contributed by atoms with Crippen molar-refractivity contribution in [3.8, 4) is 0 Å². The summed E-state index contributed by atoms with van der Waals surface area (Å²) in [6.07, 6.45) is 75.4. The summed E-state index contributed by atoms with van der Waals surface area (Å²) in [6.45, 7) is 3.83. The molecule has 0 saturated carbocycles. The van der Waals surface area contributed by atoms with Crippen LogP contribution in [0.3, 0.4) is 0 Å². The Hall–Kier alpha value is -1.59. The first-order valence-corrected chi connectivity index (χ1v) is 35.7. The Morgan fingerprint density at radius 2 is 0.728 bits per heavy atom. The van der Waals surface area contributed by atoms with Crippen LogP contribution in [0.1, 0.15) is 361 Å². The van der Waals surface area contributed by atoms with Crippen LogP contribution in [0.25, 0.3) is 0 Å². The lowest BCUT2D eigenvalue weighted by Gasteiger charge is -2.40. The molecule has 0 aliphatic carbocycles. The van der Waals surface area contributed by atoms with Gasteiger partial charge < -0.3 is 40.3 Å². The van der Waals surface area contributed by atoms with Crippen molar-refractivity contribution in [1.29, 1.82) is 0 Å². The van der Waals surface area contributed by atoms with Crippen LogP contribution in [0.15, 0.2) is 36.5 Å². The lowest BCUT2D eigenvalue weighted by molar-refractivity contribution is -0.302. The summed E-state index contributed by atoms with van der Waals surface area (Å²) >= 11 is 0. The number of unbranched alkanes of at least 4 members (excludes halogenated alkanes) is 49. The molecule has 0 aromatic heterocycles. The van der Waals surface area contributed by atoms with Gasteiger partial charge in [-0.25, -0.2) is 0 Å². The van der Waals surface area contributed by atoms with Crippen molar-refractivity contribution in [2.24, 2.45) is 0 Å². The van der Waals surface area contributed by atoms with Crippen LogP contribution in [0.2, 0.25) is 0 Å². The van der Waals surface area contributed by atoms with E-state index in [4.69, 9.17) is 9.47 Å². The molecule has 0 bridgehead atoms. The Morgan fingerprint density at radius 1 is 0.420 bits per heavy atom. The minimum atomic E-state index is -1.57. The normalized spacial score (nSPS) is 18.5. The molecule has 0 spiro atoms. The molecule has 6 N–H and O–H groups in total. The van der Waals surface area contributed by atoms with E-state index in [-0.39, 0.29) is 12.5 Å². The Bertz CT molecular complexity index is 1370. The van der Waals surface area contributed by atoms with E-state index < -0.39 is 49.5 Å². The van der Waals surface area contributed by atoms with Gasteiger partial charge in [-0.15, -0.1) is 0 Å². The molecule has 1 saturated heterocycles.